The van der Waals surface area contributed by atoms with Crippen LogP contribution in [-0.4, -0.2) is 119 Å². The zero-order valence-electron chi connectivity index (χ0n) is 46.9. The minimum absolute atomic E-state index is 0.00114. The number of amides is 4. The highest BCUT2D eigenvalue weighted by Gasteiger charge is 2.45. The van der Waals surface area contributed by atoms with Gasteiger partial charge in [-0.05, 0) is 86.8 Å². The lowest BCUT2D eigenvalue weighted by Gasteiger charge is -2.35. The highest BCUT2D eigenvalue weighted by atomic mass is 32.1. The van der Waals surface area contributed by atoms with Crippen LogP contribution in [0.25, 0.3) is 21.9 Å². The molecule has 4 amide bonds. The van der Waals surface area contributed by atoms with E-state index < -0.39 is 41.2 Å². The van der Waals surface area contributed by atoms with Gasteiger partial charge in [-0.2, -0.15) is 4.98 Å². The van der Waals surface area contributed by atoms with Crippen LogP contribution in [-0.2, 0) is 36.1 Å². The third-order valence-corrected chi connectivity index (χ3v) is 16.3. The van der Waals surface area contributed by atoms with Gasteiger partial charge in [0.25, 0.3) is 5.89 Å². The summed E-state index contributed by atoms with van der Waals surface area (Å²) in [6.07, 6.45) is 6.60. The van der Waals surface area contributed by atoms with Crippen molar-refractivity contribution < 1.29 is 43.3 Å². The molecule has 20 nitrogen and oxygen atoms in total. The number of anilines is 3. The standard InChI is InChI=1S/C60H73N11O9S/c1-36-50(81-35-63-36)39-21-19-37(20-22-39)31-61-53(76)47-30-42(73)33-71(47)56(77)51(59(2,3)4)66-48(74)17-13-8-7-9-14-18-49(75)70-27-25-40(26-28-70)54-68-69-55(79-54)44-32-62-58(67-52(44)65-46(34-72)38-15-11-10-12-16-38)64-41-23-24-43-45(29-41)60(5,6)80-57(43)78/h10-12,15-16,19-24,29,32,35,40,42,46-47,51,72-73H,7-9,13-14,17-18,25-28,30-31,33-34H2,1-6H3,(H,61,76)(H,66,74)(H2,62,64,65,67)/t42-,46-,47+,51-/m1/s1. The molecular formula is C60H73N11O9S. The summed E-state index contributed by atoms with van der Waals surface area (Å²) in [5, 5.41) is 42.5. The minimum atomic E-state index is -0.901. The van der Waals surface area contributed by atoms with E-state index in [2.05, 4.69) is 41.4 Å². The van der Waals surface area contributed by atoms with Crippen molar-refractivity contribution in [2.75, 3.05) is 36.9 Å². The number of fused-ring (bicyclic) bond motifs is 1. The van der Waals surface area contributed by atoms with Gasteiger partial charge in [0.2, 0.25) is 35.5 Å². The summed E-state index contributed by atoms with van der Waals surface area (Å²) >= 11 is 1.57. The lowest BCUT2D eigenvalue weighted by Crippen LogP contribution is -2.57. The Bertz CT molecular complexity index is 3190. The molecule has 0 bridgehead atoms. The van der Waals surface area contributed by atoms with Gasteiger partial charge in [0.05, 0.1) is 46.0 Å². The summed E-state index contributed by atoms with van der Waals surface area (Å²) in [6.45, 7) is 12.4. The van der Waals surface area contributed by atoms with Gasteiger partial charge in [0.15, 0.2) is 0 Å². The van der Waals surface area contributed by atoms with E-state index in [0.717, 1.165) is 58.5 Å². The maximum atomic E-state index is 14.1. The molecule has 9 rings (SSSR count). The van der Waals surface area contributed by atoms with Gasteiger partial charge in [-0.3, -0.25) is 19.2 Å². The van der Waals surface area contributed by atoms with Crippen molar-refractivity contribution in [2.24, 2.45) is 5.41 Å². The maximum Gasteiger partial charge on any atom is 0.339 e. The molecule has 3 aliphatic heterocycles. The number of nitrogens with one attached hydrogen (secondary N) is 4. The number of nitrogens with zero attached hydrogens (tertiary/aromatic N) is 7. The minimum Gasteiger partial charge on any atom is -0.451 e. The SMILES string of the molecule is Cc1ncsc1-c1ccc(CNC(=O)[C@@H]2C[C@@H](O)CN2C(=O)[C@@H](NC(=O)CCCCCCCC(=O)N2CCC(c3nnc(-c4cnc(Nc5ccc6c(c5)C(C)(C)OC6=O)nc4N[C@H](CO)c4ccccc4)o3)CC2)C(C)(C)C)cc1. The molecule has 81 heavy (non-hydrogen) atoms. The van der Waals surface area contributed by atoms with E-state index in [1.165, 1.54) is 4.90 Å². The van der Waals surface area contributed by atoms with Crippen molar-refractivity contribution in [2.45, 2.75) is 148 Å². The number of carbonyl (C=O) groups is 5. The molecule has 0 radical (unpaired) electrons. The summed E-state index contributed by atoms with van der Waals surface area (Å²) in [7, 11) is 0. The quantitative estimate of drug-likeness (QED) is 0.0275. The van der Waals surface area contributed by atoms with Crippen molar-refractivity contribution in [3.05, 3.63) is 118 Å². The first kappa shape index (κ1) is 58.0. The number of hydrogen-bond donors (Lipinski definition) is 6. The summed E-state index contributed by atoms with van der Waals surface area (Å²) < 4.78 is 11.9. The molecule has 4 atom stereocenters. The van der Waals surface area contributed by atoms with Crippen molar-refractivity contribution in [3.8, 4) is 21.9 Å². The Balaban J connectivity index is 0.708. The van der Waals surface area contributed by atoms with Crippen LogP contribution in [0.5, 0.6) is 0 Å². The number of cyclic esters (lactones) is 1. The van der Waals surface area contributed by atoms with E-state index >= 15 is 0 Å². The van der Waals surface area contributed by atoms with Crippen LogP contribution in [0.15, 0.2) is 88.9 Å². The number of benzene rings is 3. The van der Waals surface area contributed by atoms with Crippen molar-refractivity contribution in [1.29, 1.82) is 0 Å². The first-order valence-electron chi connectivity index (χ1n) is 28.0. The van der Waals surface area contributed by atoms with E-state index in [9.17, 15) is 34.2 Å². The van der Waals surface area contributed by atoms with Gasteiger partial charge in [0, 0.05) is 68.8 Å². The molecule has 0 unspecified atom stereocenters. The Kier molecular flexibility index (Phi) is 18.2. The maximum absolute atomic E-state index is 14.1. The molecule has 0 aliphatic carbocycles. The molecule has 6 heterocycles. The first-order valence-corrected chi connectivity index (χ1v) is 28.8. The average molecular weight is 1120 g/mol. The number of hydrogen-bond acceptors (Lipinski definition) is 17. The van der Waals surface area contributed by atoms with Crippen LogP contribution in [0.1, 0.15) is 149 Å². The molecule has 3 aromatic carbocycles. The molecular weight excluding hydrogens is 1050 g/mol. The second kappa shape index (κ2) is 25.4. The predicted molar refractivity (Wildman–Crippen MR) is 306 cm³/mol. The number of aliphatic hydroxyl groups is 2. The lowest BCUT2D eigenvalue weighted by molar-refractivity contribution is -0.144. The zero-order chi connectivity index (χ0) is 57.4. The van der Waals surface area contributed by atoms with Crippen LogP contribution in [0.2, 0.25) is 0 Å². The smallest absolute Gasteiger partial charge is 0.339 e. The van der Waals surface area contributed by atoms with Crippen LogP contribution < -0.4 is 21.3 Å². The molecule has 6 aromatic rings. The molecule has 2 fully saturated rings. The van der Waals surface area contributed by atoms with E-state index in [-0.39, 0.29) is 74.0 Å². The fraction of sp³-hybridized carbons (Fsp3) is 0.467. The van der Waals surface area contributed by atoms with Crippen LogP contribution in [0.4, 0.5) is 17.5 Å². The van der Waals surface area contributed by atoms with Gasteiger partial charge in [-0.15, -0.1) is 21.5 Å². The third-order valence-electron chi connectivity index (χ3n) is 15.4. The number of esters is 1. The Morgan fingerprint density at radius 1 is 0.901 bits per heavy atom. The number of unbranched alkanes of at least 4 members (excludes halogenated alkanes) is 4. The number of aromatic nitrogens is 5. The average Bonchev–Trinajstić information content (AvgIpc) is 4.31. The van der Waals surface area contributed by atoms with E-state index in [1.807, 2.05) is 113 Å². The van der Waals surface area contributed by atoms with Crippen LogP contribution >= 0.6 is 11.3 Å². The fourth-order valence-electron chi connectivity index (χ4n) is 10.7. The number of aryl methyl sites for hydroxylation is 1. The summed E-state index contributed by atoms with van der Waals surface area (Å²) in [5.41, 5.74) is 6.46. The second-order valence-electron chi connectivity index (χ2n) is 22.8. The summed E-state index contributed by atoms with van der Waals surface area (Å²) in [6, 6.07) is 20.4. The third kappa shape index (κ3) is 14.1. The monoisotopic (exact) mass is 1120 g/mol. The van der Waals surface area contributed by atoms with Gasteiger partial charge in [-0.1, -0.05) is 94.6 Å². The molecule has 6 N–H and O–H groups in total. The summed E-state index contributed by atoms with van der Waals surface area (Å²) in [5.74, 6) is -0.0781. The Labute approximate surface area is 475 Å². The first-order chi connectivity index (χ1) is 38.8. The fourth-order valence-corrected chi connectivity index (χ4v) is 11.5. The Morgan fingerprint density at radius 2 is 1.63 bits per heavy atom. The Hall–Kier alpha value is -7.62. The van der Waals surface area contributed by atoms with E-state index in [1.54, 1.807) is 29.7 Å². The number of thiazole rings is 1. The molecule has 428 valence electrons. The molecule has 3 aromatic heterocycles. The number of β-amino-alcohol motifs (C(OH)–C–C–N with tert-alkyl or cyclic N) is 1. The molecule has 0 saturated carbocycles. The van der Waals surface area contributed by atoms with Crippen molar-refractivity contribution in [3.63, 3.8) is 0 Å². The topological polar surface area (TPSA) is 267 Å². The van der Waals surface area contributed by atoms with Gasteiger partial charge in [-0.25, -0.2) is 14.8 Å². The highest BCUT2D eigenvalue weighted by Crippen LogP contribution is 2.39. The lowest BCUT2D eigenvalue weighted by atomic mass is 9.85. The van der Waals surface area contributed by atoms with Gasteiger partial charge in [0.1, 0.15) is 23.5 Å². The van der Waals surface area contributed by atoms with Crippen molar-refractivity contribution >= 4 is 58.4 Å². The van der Waals surface area contributed by atoms with Gasteiger partial charge < -0.3 is 50.4 Å². The van der Waals surface area contributed by atoms with Crippen molar-refractivity contribution in [1.82, 2.24) is 45.6 Å². The molecule has 0 spiro atoms. The van der Waals surface area contributed by atoms with Crippen LogP contribution in [0, 0.1) is 12.3 Å². The number of carbonyl (C=O) groups excluding carboxylic acids is 5. The highest BCUT2D eigenvalue weighted by molar-refractivity contribution is 7.13. The van der Waals surface area contributed by atoms with E-state index in [4.69, 9.17) is 14.1 Å². The molecule has 3 aliphatic rings. The molecule has 21 heteroatoms. The number of rotatable bonds is 22. The largest absolute Gasteiger partial charge is 0.451 e. The molecule has 2 saturated heterocycles. The number of aliphatic hydroxyl groups excluding tert-OH is 2. The van der Waals surface area contributed by atoms with Crippen LogP contribution in [0.3, 0.4) is 0 Å². The van der Waals surface area contributed by atoms with E-state index in [0.29, 0.717) is 67.3 Å². The summed E-state index contributed by atoms with van der Waals surface area (Å²) in [4.78, 5) is 84.8. The normalized spacial score (nSPS) is 17.8. The predicted octanol–water partition coefficient (Wildman–Crippen LogP) is 8.50. The van der Waals surface area contributed by atoms with Gasteiger partial charge >= 0.3 is 5.97 Å². The number of piperidine rings is 1. The Morgan fingerprint density at radius 3 is 2.33 bits per heavy atom. The zero-order valence-corrected chi connectivity index (χ0v) is 47.7. The number of likely N-dealkylation sites (tertiary alicyclic amines) is 2. The second-order valence-corrected chi connectivity index (χ2v) is 23.7. The number of ether oxygens (including phenoxy) is 1.